The van der Waals surface area contributed by atoms with Crippen LogP contribution in [0, 0.1) is 0 Å². The lowest BCUT2D eigenvalue weighted by molar-refractivity contribution is 0.0306. The second-order valence-corrected chi connectivity index (χ2v) is 9.93. The number of aromatic nitrogens is 4. The largest absolute Gasteiger partial charge is 0.378 e. The number of aromatic amines is 1. The number of morpholine rings is 1. The zero-order valence-corrected chi connectivity index (χ0v) is 20.8. The van der Waals surface area contributed by atoms with Gasteiger partial charge in [-0.25, -0.2) is 9.78 Å². The van der Waals surface area contributed by atoms with Crippen molar-refractivity contribution < 1.29 is 9.53 Å². The fourth-order valence-electron chi connectivity index (χ4n) is 4.67. The summed E-state index contributed by atoms with van der Waals surface area (Å²) >= 11 is 1.44. The van der Waals surface area contributed by atoms with Crippen molar-refractivity contribution in [2.45, 2.75) is 0 Å². The second kappa shape index (κ2) is 8.92. The van der Waals surface area contributed by atoms with Crippen LogP contribution in [0.25, 0.3) is 44.2 Å². The number of carbonyl (C=O) groups excluding carboxylic acids is 1. The minimum Gasteiger partial charge on any atom is -0.378 e. The van der Waals surface area contributed by atoms with Crippen molar-refractivity contribution in [2.75, 3.05) is 26.3 Å². The van der Waals surface area contributed by atoms with E-state index in [9.17, 15) is 9.59 Å². The van der Waals surface area contributed by atoms with Crippen LogP contribution in [0.3, 0.4) is 0 Å². The SMILES string of the molecule is Cn1c(=O)n(C)c2cc(-c3nc(-c4ccc(C(=O)N5CCOCC5)s4)[nH]c3-c3ccccc3)ccc21. The highest BCUT2D eigenvalue weighted by molar-refractivity contribution is 7.17. The quantitative estimate of drug-likeness (QED) is 0.403. The number of imidazole rings is 2. The molecule has 1 saturated heterocycles. The summed E-state index contributed by atoms with van der Waals surface area (Å²) in [6, 6.07) is 19.8. The molecule has 0 atom stereocenters. The molecule has 6 rings (SSSR count). The molecule has 0 saturated carbocycles. The van der Waals surface area contributed by atoms with Gasteiger partial charge in [0.1, 0.15) is 5.82 Å². The lowest BCUT2D eigenvalue weighted by atomic mass is 10.0. The number of ether oxygens (including phenoxy) is 1. The highest BCUT2D eigenvalue weighted by Gasteiger charge is 2.22. The van der Waals surface area contributed by atoms with Crippen LogP contribution in [0.15, 0.2) is 65.5 Å². The van der Waals surface area contributed by atoms with Gasteiger partial charge in [0.15, 0.2) is 0 Å². The molecular formula is C27H25N5O3S. The predicted octanol–water partition coefficient (Wildman–Crippen LogP) is 4.14. The van der Waals surface area contributed by atoms with Crippen LogP contribution < -0.4 is 5.69 Å². The molecule has 2 aromatic carbocycles. The van der Waals surface area contributed by atoms with Crippen LogP contribution >= 0.6 is 11.3 Å². The van der Waals surface area contributed by atoms with Crippen LogP contribution in [0.2, 0.25) is 0 Å². The van der Waals surface area contributed by atoms with Gasteiger partial charge >= 0.3 is 5.69 Å². The molecule has 0 spiro atoms. The van der Waals surface area contributed by atoms with E-state index in [1.807, 2.05) is 65.6 Å². The van der Waals surface area contributed by atoms with Crippen LogP contribution in [0.4, 0.5) is 0 Å². The van der Waals surface area contributed by atoms with E-state index in [0.29, 0.717) is 37.0 Å². The average Bonchev–Trinajstić information content (AvgIpc) is 3.64. The number of H-pyrrole nitrogens is 1. The summed E-state index contributed by atoms with van der Waals surface area (Å²) in [4.78, 5) is 37.3. The van der Waals surface area contributed by atoms with Crippen LogP contribution in [0.5, 0.6) is 0 Å². The molecular weight excluding hydrogens is 474 g/mol. The van der Waals surface area contributed by atoms with Gasteiger partial charge in [-0.05, 0) is 24.3 Å². The molecule has 3 aromatic heterocycles. The number of rotatable bonds is 4. The van der Waals surface area contributed by atoms with Gasteiger partial charge in [-0.3, -0.25) is 13.9 Å². The van der Waals surface area contributed by atoms with Crippen molar-refractivity contribution in [3.63, 3.8) is 0 Å². The van der Waals surface area contributed by atoms with Crippen molar-refractivity contribution >= 4 is 28.3 Å². The zero-order chi connectivity index (χ0) is 24.8. The number of aryl methyl sites for hydroxylation is 2. The molecule has 0 radical (unpaired) electrons. The summed E-state index contributed by atoms with van der Waals surface area (Å²) in [5.41, 5.74) is 5.25. The Labute approximate surface area is 211 Å². The maximum absolute atomic E-state index is 13.0. The molecule has 9 heteroatoms. The van der Waals surface area contributed by atoms with Gasteiger partial charge in [-0.15, -0.1) is 11.3 Å². The van der Waals surface area contributed by atoms with E-state index in [1.165, 1.54) is 11.3 Å². The highest BCUT2D eigenvalue weighted by atomic mass is 32.1. The van der Waals surface area contributed by atoms with E-state index >= 15 is 0 Å². The number of nitrogens with zero attached hydrogens (tertiary/aromatic N) is 4. The Balaban J connectivity index is 1.44. The number of thiophene rings is 1. The van der Waals surface area contributed by atoms with Gasteiger partial charge < -0.3 is 14.6 Å². The van der Waals surface area contributed by atoms with E-state index in [4.69, 9.17) is 9.72 Å². The van der Waals surface area contributed by atoms with Crippen molar-refractivity contribution in [3.05, 3.63) is 76.0 Å². The van der Waals surface area contributed by atoms with Gasteiger partial charge in [0.2, 0.25) is 0 Å². The predicted molar refractivity (Wildman–Crippen MR) is 141 cm³/mol. The smallest absolute Gasteiger partial charge is 0.328 e. The first kappa shape index (κ1) is 22.5. The Morgan fingerprint density at radius 3 is 2.47 bits per heavy atom. The number of hydrogen-bond donors (Lipinski definition) is 1. The van der Waals surface area contributed by atoms with E-state index < -0.39 is 0 Å². The Morgan fingerprint density at radius 2 is 1.69 bits per heavy atom. The van der Waals surface area contributed by atoms with E-state index in [1.54, 1.807) is 23.2 Å². The third kappa shape index (κ3) is 3.77. The first-order valence-corrected chi connectivity index (χ1v) is 12.6. The monoisotopic (exact) mass is 499 g/mol. The van der Waals surface area contributed by atoms with Gasteiger partial charge in [-0.1, -0.05) is 36.4 Å². The highest BCUT2D eigenvalue weighted by Crippen LogP contribution is 2.36. The number of fused-ring (bicyclic) bond motifs is 1. The molecule has 0 unspecified atom stereocenters. The molecule has 182 valence electrons. The summed E-state index contributed by atoms with van der Waals surface area (Å²) < 4.78 is 8.67. The Hall–Kier alpha value is -3.95. The normalized spacial score (nSPS) is 14.0. The first-order chi connectivity index (χ1) is 17.5. The Kier molecular flexibility index (Phi) is 5.58. The minimum absolute atomic E-state index is 0.0278. The fraction of sp³-hybridized carbons (Fsp3) is 0.222. The minimum atomic E-state index is -0.0656. The van der Waals surface area contributed by atoms with Crippen molar-refractivity contribution in [3.8, 4) is 33.2 Å². The third-order valence-electron chi connectivity index (χ3n) is 6.66. The maximum Gasteiger partial charge on any atom is 0.328 e. The van der Waals surface area contributed by atoms with Crippen molar-refractivity contribution in [2.24, 2.45) is 14.1 Å². The third-order valence-corrected chi connectivity index (χ3v) is 7.74. The number of hydrogen-bond acceptors (Lipinski definition) is 5. The van der Waals surface area contributed by atoms with Crippen LogP contribution in [-0.2, 0) is 18.8 Å². The number of nitrogens with one attached hydrogen (secondary N) is 1. The molecule has 0 aliphatic carbocycles. The maximum atomic E-state index is 13.0. The van der Waals surface area contributed by atoms with Crippen molar-refractivity contribution in [1.82, 2.24) is 24.0 Å². The van der Waals surface area contributed by atoms with Crippen LogP contribution in [-0.4, -0.2) is 56.2 Å². The number of benzene rings is 2. The molecule has 1 aliphatic heterocycles. The lowest BCUT2D eigenvalue weighted by Gasteiger charge is -2.26. The molecule has 5 aromatic rings. The van der Waals surface area contributed by atoms with E-state index in [2.05, 4.69) is 4.98 Å². The standard InChI is InChI=1S/C27H25N5O3S/c1-30-19-9-8-18(16-20(19)31(2)27(30)34)24-23(17-6-4-3-5-7-17)28-25(29-24)21-10-11-22(36-21)26(33)32-12-14-35-15-13-32/h3-11,16H,12-15H2,1-2H3,(H,28,29). The molecule has 1 N–H and O–H groups in total. The Bertz CT molecular complexity index is 1640. The van der Waals surface area contributed by atoms with Crippen LogP contribution in [0.1, 0.15) is 9.67 Å². The van der Waals surface area contributed by atoms with Crippen molar-refractivity contribution in [1.29, 1.82) is 0 Å². The summed E-state index contributed by atoms with van der Waals surface area (Å²) in [6.07, 6.45) is 0. The fourth-order valence-corrected chi connectivity index (χ4v) is 5.59. The summed E-state index contributed by atoms with van der Waals surface area (Å²) in [5, 5.41) is 0. The van der Waals surface area contributed by atoms with Gasteiger partial charge in [0.25, 0.3) is 5.91 Å². The molecule has 4 heterocycles. The molecule has 0 bridgehead atoms. The zero-order valence-electron chi connectivity index (χ0n) is 20.0. The lowest BCUT2D eigenvalue weighted by Crippen LogP contribution is -2.40. The molecule has 8 nitrogen and oxygen atoms in total. The van der Waals surface area contributed by atoms with Gasteiger partial charge in [0, 0.05) is 38.3 Å². The summed E-state index contributed by atoms with van der Waals surface area (Å²) in [5.74, 6) is 0.733. The topological polar surface area (TPSA) is 85.2 Å². The van der Waals surface area contributed by atoms with E-state index in [0.717, 1.165) is 38.4 Å². The summed E-state index contributed by atoms with van der Waals surface area (Å²) in [6.45, 7) is 2.37. The van der Waals surface area contributed by atoms with Gasteiger partial charge in [0.05, 0.1) is 45.4 Å². The summed E-state index contributed by atoms with van der Waals surface area (Å²) in [7, 11) is 3.56. The molecule has 1 aliphatic rings. The molecule has 1 fully saturated rings. The van der Waals surface area contributed by atoms with Gasteiger partial charge in [-0.2, -0.15) is 0 Å². The molecule has 36 heavy (non-hydrogen) atoms. The Morgan fingerprint density at radius 1 is 0.944 bits per heavy atom. The number of amides is 1. The second-order valence-electron chi connectivity index (χ2n) is 8.85. The average molecular weight is 500 g/mol. The molecule has 1 amide bonds. The first-order valence-electron chi connectivity index (χ1n) is 11.8. The number of carbonyl (C=O) groups is 1. The van der Waals surface area contributed by atoms with E-state index in [-0.39, 0.29) is 11.6 Å².